The summed E-state index contributed by atoms with van der Waals surface area (Å²) >= 11 is 0. The quantitative estimate of drug-likeness (QED) is 0.723. The first kappa shape index (κ1) is 18.2. The van der Waals surface area contributed by atoms with Crippen molar-refractivity contribution in [1.82, 2.24) is 19.9 Å². The molecule has 2 heterocycles. The molecule has 2 aromatic heterocycles. The van der Waals surface area contributed by atoms with Gasteiger partial charge in [0.1, 0.15) is 17.4 Å². The maximum absolute atomic E-state index is 12.5. The lowest BCUT2D eigenvalue weighted by molar-refractivity contribution is -0.126. The van der Waals surface area contributed by atoms with Crippen molar-refractivity contribution in [2.45, 2.75) is 50.6 Å². The van der Waals surface area contributed by atoms with E-state index in [2.05, 4.69) is 15.3 Å². The number of halogens is 3. The number of hydrogen-bond acceptors (Lipinski definition) is 4. The maximum atomic E-state index is 12.5. The van der Waals surface area contributed by atoms with Crippen molar-refractivity contribution >= 4 is 21.9 Å². The number of aliphatic hydroxyl groups excluding tert-OH is 1. The molecule has 27 heavy (non-hydrogen) atoms. The van der Waals surface area contributed by atoms with Crippen LogP contribution >= 0.6 is 0 Å². The molecule has 0 amide bonds. The Morgan fingerprint density at radius 2 is 2.04 bits per heavy atom. The highest BCUT2D eigenvalue weighted by Gasteiger charge is 2.33. The van der Waals surface area contributed by atoms with Crippen LogP contribution in [-0.2, 0) is 0 Å². The molecule has 2 N–H and O–H groups in total. The topological polar surface area (TPSA) is 63.0 Å². The average molecular weight is 378 g/mol. The second kappa shape index (κ2) is 6.76. The summed E-state index contributed by atoms with van der Waals surface area (Å²) < 4.78 is 39.6. The Balaban J connectivity index is 1.74. The van der Waals surface area contributed by atoms with Gasteiger partial charge in [-0.25, -0.2) is 4.98 Å². The van der Waals surface area contributed by atoms with E-state index in [1.165, 1.54) is 0 Å². The third kappa shape index (κ3) is 3.51. The maximum Gasteiger partial charge on any atom is 0.401 e. The minimum Gasteiger partial charge on any atom is -0.385 e. The third-order valence-corrected chi connectivity index (χ3v) is 5.19. The number of nitrogens with one attached hydrogen (secondary N) is 1. The summed E-state index contributed by atoms with van der Waals surface area (Å²) in [5.74, 6) is 0.532. The van der Waals surface area contributed by atoms with Crippen LogP contribution in [0.5, 0.6) is 0 Å². The molecule has 0 saturated heterocycles. The molecular formula is C19H21F3N4O. The molecule has 0 bridgehead atoms. The fourth-order valence-corrected chi connectivity index (χ4v) is 4.05. The van der Waals surface area contributed by atoms with Crippen molar-refractivity contribution in [3.63, 3.8) is 0 Å². The Bertz CT molecular complexity index is 967. The molecule has 4 rings (SSSR count). The van der Waals surface area contributed by atoms with Crippen LogP contribution in [0.3, 0.4) is 0 Å². The molecule has 1 aromatic carbocycles. The Kier molecular flexibility index (Phi) is 4.55. The van der Waals surface area contributed by atoms with E-state index >= 15 is 0 Å². The average Bonchev–Trinajstić information content (AvgIpc) is 3.23. The van der Waals surface area contributed by atoms with Gasteiger partial charge in [0.05, 0.1) is 23.8 Å². The Hall–Kier alpha value is -2.19. The lowest BCUT2D eigenvalue weighted by atomic mass is 10.1. The van der Waals surface area contributed by atoms with E-state index in [1.807, 2.05) is 28.8 Å². The lowest BCUT2D eigenvalue weighted by Crippen LogP contribution is -2.35. The van der Waals surface area contributed by atoms with E-state index < -0.39 is 18.8 Å². The van der Waals surface area contributed by atoms with Crippen LogP contribution in [0.1, 0.15) is 44.2 Å². The molecule has 0 radical (unpaired) electrons. The van der Waals surface area contributed by atoms with E-state index in [0.717, 1.165) is 22.8 Å². The van der Waals surface area contributed by atoms with Crippen LogP contribution in [0.25, 0.3) is 21.9 Å². The summed E-state index contributed by atoms with van der Waals surface area (Å²) in [7, 11) is 0. The summed E-state index contributed by atoms with van der Waals surface area (Å²) in [5.41, 5.74) is 2.40. The van der Waals surface area contributed by atoms with E-state index in [0.29, 0.717) is 24.2 Å². The van der Waals surface area contributed by atoms with Crippen LogP contribution in [0.15, 0.2) is 30.5 Å². The number of pyridine rings is 1. The summed E-state index contributed by atoms with van der Waals surface area (Å²) in [4.78, 5) is 8.99. The van der Waals surface area contributed by atoms with Gasteiger partial charge in [0, 0.05) is 17.5 Å². The van der Waals surface area contributed by atoms with Gasteiger partial charge in [-0.05, 0) is 32.3 Å². The van der Waals surface area contributed by atoms with Crippen molar-refractivity contribution in [3.8, 4) is 0 Å². The molecule has 0 spiro atoms. The zero-order valence-corrected chi connectivity index (χ0v) is 14.9. The van der Waals surface area contributed by atoms with Crippen molar-refractivity contribution in [2.75, 3.05) is 6.54 Å². The highest BCUT2D eigenvalue weighted by Crippen LogP contribution is 2.37. The van der Waals surface area contributed by atoms with Gasteiger partial charge in [-0.3, -0.25) is 4.98 Å². The lowest BCUT2D eigenvalue weighted by Gasteiger charge is -2.20. The van der Waals surface area contributed by atoms with Crippen LogP contribution in [0.2, 0.25) is 0 Å². The van der Waals surface area contributed by atoms with E-state index in [4.69, 9.17) is 0 Å². The minimum absolute atomic E-state index is 0.0175. The van der Waals surface area contributed by atoms with E-state index in [-0.39, 0.29) is 12.1 Å². The summed E-state index contributed by atoms with van der Waals surface area (Å²) in [6.07, 6.45) is -1.35. The standard InChI is InChI=1S/C19H21F3N4O/c1-11(27)18-25-16-9-23-15-5-3-2-4-14(15)17(16)26(18)13-7-6-12(8-13)24-10-19(20,21)22/h2-5,9,11-13,24,27H,6-8,10H2,1H3. The summed E-state index contributed by atoms with van der Waals surface area (Å²) in [5, 5.41) is 13.8. The Labute approximate surface area is 154 Å². The number of alkyl halides is 3. The predicted octanol–water partition coefficient (Wildman–Crippen LogP) is 3.88. The monoisotopic (exact) mass is 378 g/mol. The largest absolute Gasteiger partial charge is 0.401 e. The normalized spacial score (nSPS) is 22.0. The van der Waals surface area contributed by atoms with Gasteiger partial charge in [-0.15, -0.1) is 0 Å². The number of fused-ring (bicyclic) bond motifs is 3. The molecule has 1 aliphatic carbocycles. The third-order valence-electron chi connectivity index (χ3n) is 5.19. The van der Waals surface area contributed by atoms with Crippen LogP contribution in [-0.4, -0.2) is 38.4 Å². The molecule has 3 aromatic rings. The molecule has 0 aliphatic heterocycles. The van der Waals surface area contributed by atoms with Gasteiger partial charge in [-0.2, -0.15) is 13.2 Å². The van der Waals surface area contributed by atoms with Crippen molar-refractivity contribution < 1.29 is 18.3 Å². The van der Waals surface area contributed by atoms with Crippen LogP contribution in [0, 0.1) is 0 Å². The molecule has 3 unspecified atom stereocenters. The van der Waals surface area contributed by atoms with Crippen molar-refractivity contribution in [2.24, 2.45) is 0 Å². The fraction of sp³-hybridized carbons (Fsp3) is 0.474. The van der Waals surface area contributed by atoms with Gasteiger partial charge in [0.25, 0.3) is 0 Å². The Morgan fingerprint density at radius 1 is 1.26 bits per heavy atom. The number of imidazole rings is 1. The highest BCUT2D eigenvalue weighted by molar-refractivity contribution is 6.02. The fourth-order valence-electron chi connectivity index (χ4n) is 4.05. The first-order valence-electron chi connectivity index (χ1n) is 9.07. The predicted molar refractivity (Wildman–Crippen MR) is 96.4 cm³/mol. The number of rotatable bonds is 4. The zero-order valence-electron chi connectivity index (χ0n) is 14.9. The van der Waals surface area contributed by atoms with Gasteiger partial charge < -0.3 is 15.0 Å². The zero-order chi connectivity index (χ0) is 19.2. The highest BCUT2D eigenvalue weighted by atomic mass is 19.4. The van der Waals surface area contributed by atoms with Gasteiger partial charge in [0.15, 0.2) is 0 Å². The molecule has 144 valence electrons. The molecule has 1 fully saturated rings. The SMILES string of the molecule is CC(O)c1nc2cnc3ccccc3c2n1C1CCC(NCC(F)(F)F)C1. The number of aromatic nitrogens is 3. The van der Waals surface area contributed by atoms with Crippen molar-refractivity contribution in [3.05, 3.63) is 36.3 Å². The Morgan fingerprint density at radius 3 is 2.78 bits per heavy atom. The smallest absolute Gasteiger partial charge is 0.385 e. The first-order chi connectivity index (χ1) is 12.8. The van der Waals surface area contributed by atoms with E-state index in [9.17, 15) is 18.3 Å². The molecule has 8 heteroatoms. The number of para-hydroxylation sites is 1. The molecular weight excluding hydrogens is 357 g/mol. The van der Waals surface area contributed by atoms with Gasteiger partial charge >= 0.3 is 6.18 Å². The summed E-state index contributed by atoms with van der Waals surface area (Å²) in [6, 6.07) is 7.48. The first-order valence-corrected chi connectivity index (χ1v) is 9.07. The van der Waals surface area contributed by atoms with Crippen molar-refractivity contribution in [1.29, 1.82) is 0 Å². The molecule has 1 aliphatic rings. The van der Waals surface area contributed by atoms with Gasteiger partial charge in [0.2, 0.25) is 0 Å². The minimum atomic E-state index is -4.22. The van der Waals surface area contributed by atoms with Crippen LogP contribution in [0.4, 0.5) is 13.2 Å². The second-order valence-corrected chi connectivity index (χ2v) is 7.19. The number of nitrogens with zero attached hydrogens (tertiary/aromatic N) is 3. The number of aliphatic hydroxyl groups is 1. The summed E-state index contributed by atoms with van der Waals surface area (Å²) in [6.45, 7) is 0.673. The van der Waals surface area contributed by atoms with Gasteiger partial charge in [-0.1, -0.05) is 18.2 Å². The molecule has 3 atom stereocenters. The number of hydrogen-bond donors (Lipinski definition) is 2. The van der Waals surface area contributed by atoms with E-state index in [1.54, 1.807) is 13.1 Å². The molecule has 5 nitrogen and oxygen atoms in total. The van der Waals surface area contributed by atoms with Crippen LogP contribution < -0.4 is 5.32 Å². The molecule has 1 saturated carbocycles. The number of benzene rings is 1. The second-order valence-electron chi connectivity index (χ2n) is 7.19.